The number of rotatable bonds is 0. The van der Waals surface area contributed by atoms with Crippen LogP contribution in [0.25, 0.3) is 0 Å². The first-order chi connectivity index (χ1) is 6.07. The molecule has 2 nitrogen and oxygen atoms in total. The summed E-state index contributed by atoms with van der Waals surface area (Å²) in [6, 6.07) is 0. The van der Waals surface area contributed by atoms with Gasteiger partial charge in [-0.2, -0.15) is 0 Å². The van der Waals surface area contributed by atoms with Gasteiger partial charge >= 0.3 is 6.29 Å². The van der Waals surface area contributed by atoms with Gasteiger partial charge in [-0.15, -0.1) is 14.5 Å². The van der Waals surface area contributed by atoms with Crippen LogP contribution in [0, 0.1) is 0 Å². The van der Waals surface area contributed by atoms with Crippen molar-refractivity contribution in [2.45, 2.75) is 13.2 Å². The minimum Gasteiger partial charge on any atom is -0.395 e. The Morgan fingerprint density at radius 1 is 1.23 bits per heavy atom. The Hall–Kier alpha value is -1.54. The van der Waals surface area contributed by atoms with E-state index in [0.717, 1.165) is 5.57 Å². The summed E-state index contributed by atoms with van der Waals surface area (Å²) in [7, 11) is 0. The Labute approximate surface area is 73.4 Å². The van der Waals surface area contributed by atoms with Crippen molar-refractivity contribution in [3.63, 3.8) is 0 Å². The Morgan fingerprint density at radius 2 is 1.92 bits per heavy atom. The average Bonchev–Trinajstić information content (AvgIpc) is 2.23. The third-order valence-corrected chi connectivity index (χ3v) is 1.62. The molecule has 0 spiro atoms. The lowest BCUT2D eigenvalue weighted by molar-refractivity contribution is -0.335. The summed E-state index contributed by atoms with van der Waals surface area (Å²) in [4.78, 5) is 0. The second kappa shape index (κ2) is 2.47. The molecular weight excluding hydrogens is 178 g/mol. The number of halogens is 2. The van der Waals surface area contributed by atoms with Crippen LogP contribution in [0.4, 0.5) is 8.78 Å². The van der Waals surface area contributed by atoms with Crippen LogP contribution >= 0.6 is 0 Å². The van der Waals surface area contributed by atoms with Crippen molar-refractivity contribution in [3.8, 4) is 0 Å². The van der Waals surface area contributed by atoms with Crippen molar-refractivity contribution >= 4 is 0 Å². The van der Waals surface area contributed by atoms with Gasteiger partial charge in [0.2, 0.25) is 0 Å². The SMILES string of the molecule is CC1=C=CC2=C(C=C1)OC(F)(F)O2. The second-order valence-corrected chi connectivity index (χ2v) is 2.70. The van der Waals surface area contributed by atoms with E-state index in [4.69, 9.17) is 0 Å². The van der Waals surface area contributed by atoms with Crippen LogP contribution in [-0.4, -0.2) is 6.29 Å². The molecule has 0 N–H and O–H groups in total. The van der Waals surface area contributed by atoms with Gasteiger partial charge in [0.05, 0.1) is 0 Å². The van der Waals surface area contributed by atoms with E-state index in [0.29, 0.717) is 0 Å². The molecule has 0 atom stereocenters. The number of ether oxygens (including phenoxy) is 2. The fourth-order valence-corrected chi connectivity index (χ4v) is 1.02. The van der Waals surface area contributed by atoms with E-state index in [1.807, 2.05) is 0 Å². The molecular formula is C9H6F2O2. The predicted molar refractivity (Wildman–Crippen MR) is 40.6 cm³/mol. The molecule has 1 heterocycles. The summed E-state index contributed by atoms with van der Waals surface area (Å²) in [5.74, 6) is 0.0486. The highest BCUT2D eigenvalue weighted by Crippen LogP contribution is 2.35. The zero-order chi connectivity index (χ0) is 9.47. The van der Waals surface area contributed by atoms with E-state index in [-0.39, 0.29) is 11.5 Å². The summed E-state index contributed by atoms with van der Waals surface area (Å²) < 4.78 is 33.5. The first-order valence-corrected chi connectivity index (χ1v) is 3.68. The molecule has 0 aromatic carbocycles. The van der Waals surface area contributed by atoms with E-state index in [2.05, 4.69) is 15.2 Å². The third kappa shape index (κ3) is 1.48. The molecule has 0 saturated carbocycles. The Kier molecular flexibility index (Phi) is 1.54. The molecule has 4 heteroatoms. The smallest absolute Gasteiger partial charge is 0.395 e. The zero-order valence-corrected chi connectivity index (χ0v) is 6.80. The molecule has 0 fully saturated rings. The van der Waals surface area contributed by atoms with Crippen LogP contribution in [-0.2, 0) is 9.47 Å². The van der Waals surface area contributed by atoms with Gasteiger partial charge in [-0.25, -0.2) is 0 Å². The van der Waals surface area contributed by atoms with Crippen LogP contribution in [0.2, 0.25) is 0 Å². The molecule has 0 amide bonds. The molecule has 1 aliphatic heterocycles. The normalized spacial score (nSPS) is 23.2. The number of allylic oxidation sites excluding steroid dienone is 3. The maximum Gasteiger partial charge on any atom is 0.586 e. The van der Waals surface area contributed by atoms with Gasteiger partial charge < -0.3 is 9.47 Å². The number of hydrogen-bond donors (Lipinski definition) is 0. The van der Waals surface area contributed by atoms with E-state index in [1.165, 1.54) is 12.2 Å². The number of hydrogen-bond acceptors (Lipinski definition) is 2. The van der Waals surface area contributed by atoms with Gasteiger partial charge in [-0.05, 0) is 24.6 Å². The van der Waals surface area contributed by atoms with Gasteiger partial charge in [0.15, 0.2) is 11.5 Å². The molecule has 2 aliphatic rings. The first kappa shape index (κ1) is 8.08. The monoisotopic (exact) mass is 184 g/mol. The maximum absolute atomic E-state index is 12.5. The lowest BCUT2D eigenvalue weighted by Crippen LogP contribution is -2.16. The molecule has 13 heavy (non-hydrogen) atoms. The third-order valence-electron chi connectivity index (χ3n) is 1.62. The van der Waals surface area contributed by atoms with Crippen molar-refractivity contribution in [3.05, 3.63) is 41.1 Å². The number of alkyl halides is 2. The van der Waals surface area contributed by atoms with Crippen LogP contribution in [0.15, 0.2) is 41.1 Å². The highest BCUT2D eigenvalue weighted by molar-refractivity contribution is 5.35. The van der Waals surface area contributed by atoms with Crippen LogP contribution in [0.5, 0.6) is 0 Å². The molecule has 0 aromatic heterocycles. The largest absolute Gasteiger partial charge is 0.586 e. The topological polar surface area (TPSA) is 18.5 Å². The van der Waals surface area contributed by atoms with Crippen LogP contribution in [0.3, 0.4) is 0 Å². The van der Waals surface area contributed by atoms with E-state index in [1.54, 1.807) is 13.0 Å². The van der Waals surface area contributed by atoms with Crippen molar-refractivity contribution in [2.24, 2.45) is 0 Å². The highest BCUT2D eigenvalue weighted by Gasteiger charge is 2.43. The minimum atomic E-state index is -3.54. The summed E-state index contributed by atoms with van der Waals surface area (Å²) in [6.45, 7) is 1.80. The summed E-state index contributed by atoms with van der Waals surface area (Å²) in [5.41, 5.74) is 3.59. The first-order valence-electron chi connectivity index (χ1n) is 3.68. The van der Waals surface area contributed by atoms with Gasteiger partial charge in [0.1, 0.15) is 0 Å². The Balaban J connectivity index is 2.36. The lowest BCUT2D eigenvalue weighted by atomic mass is 10.3. The van der Waals surface area contributed by atoms with Gasteiger partial charge in [-0.3, -0.25) is 0 Å². The lowest BCUT2D eigenvalue weighted by Gasteiger charge is -2.06. The molecule has 0 radical (unpaired) electrons. The zero-order valence-electron chi connectivity index (χ0n) is 6.80. The van der Waals surface area contributed by atoms with Gasteiger partial charge in [0.25, 0.3) is 0 Å². The molecule has 2 rings (SSSR count). The van der Waals surface area contributed by atoms with Crippen molar-refractivity contribution in [1.82, 2.24) is 0 Å². The van der Waals surface area contributed by atoms with Gasteiger partial charge in [-0.1, -0.05) is 0 Å². The van der Waals surface area contributed by atoms with Crippen molar-refractivity contribution < 1.29 is 18.3 Å². The Bertz CT molecular complexity index is 371. The molecule has 0 bridgehead atoms. The molecule has 0 unspecified atom stereocenters. The van der Waals surface area contributed by atoms with E-state index >= 15 is 0 Å². The predicted octanol–water partition coefficient (Wildman–Crippen LogP) is 2.47. The summed E-state index contributed by atoms with van der Waals surface area (Å²) >= 11 is 0. The van der Waals surface area contributed by atoms with Crippen molar-refractivity contribution in [2.75, 3.05) is 0 Å². The maximum atomic E-state index is 12.5. The molecule has 68 valence electrons. The second-order valence-electron chi connectivity index (χ2n) is 2.70. The van der Waals surface area contributed by atoms with Crippen molar-refractivity contribution in [1.29, 1.82) is 0 Å². The highest BCUT2D eigenvalue weighted by atomic mass is 19.3. The standard InChI is InChI=1S/C9H6F2O2/c1-6-2-4-7-8(5-3-6)13-9(10,11)12-7/h2,4-5H,1H3. The van der Waals surface area contributed by atoms with Gasteiger partial charge in [0, 0.05) is 6.08 Å². The fraction of sp³-hybridized carbons (Fsp3) is 0.222. The minimum absolute atomic E-state index is 0.0121. The average molecular weight is 184 g/mol. The van der Waals surface area contributed by atoms with E-state index in [9.17, 15) is 8.78 Å². The molecule has 1 aliphatic carbocycles. The quantitative estimate of drug-likeness (QED) is 0.538. The molecule has 0 saturated heterocycles. The van der Waals surface area contributed by atoms with E-state index < -0.39 is 6.29 Å². The fourth-order valence-electron chi connectivity index (χ4n) is 1.02. The summed E-state index contributed by atoms with van der Waals surface area (Å²) in [6.07, 6.45) is 0.857. The summed E-state index contributed by atoms with van der Waals surface area (Å²) in [5, 5.41) is 0. The van der Waals surface area contributed by atoms with Crippen LogP contribution in [0.1, 0.15) is 6.92 Å². The Morgan fingerprint density at radius 3 is 2.69 bits per heavy atom. The molecule has 0 aromatic rings. The van der Waals surface area contributed by atoms with Crippen LogP contribution < -0.4 is 0 Å².